The lowest BCUT2D eigenvalue weighted by atomic mass is 9.94. The lowest BCUT2D eigenvalue weighted by molar-refractivity contribution is -0.141. The highest BCUT2D eigenvalue weighted by molar-refractivity contribution is 5.68. The number of likely N-dealkylation sites (tertiary alicyclic amines) is 1. The normalized spacial score (nSPS) is 17.2. The molecule has 0 aromatic heterocycles. The van der Waals surface area contributed by atoms with E-state index in [1.165, 1.54) is 6.92 Å². The zero-order valence-corrected chi connectivity index (χ0v) is 12.4. The number of ether oxygens (including phenoxy) is 2. The van der Waals surface area contributed by atoms with Crippen LogP contribution in [0.25, 0.3) is 0 Å². The van der Waals surface area contributed by atoms with Gasteiger partial charge in [0, 0.05) is 20.0 Å². The van der Waals surface area contributed by atoms with Gasteiger partial charge in [-0.3, -0.25) is 4.79 Å². The van der Waals surface area contributed by atoms with Crippen molar-refractivity contribution in [2.75, 3.05) is 19.7 Å². The van der Waals surface area contributed by atoms with E-state index in [2.05, 4.69) is 0 Å². The van der Waals surface area contributed by atoms with Crippen LogP contribution in [0, 0.1) is 5.92 Å². The number of amides is 1. The predicted octanol–water partition coefficient (Wildman–Crippen LogP) is 2.59. The summed E-state index contributed by atoms with van der Waals surface area (Å²) in [7, 11) is 0. The van der Waals surface area contributed by atoms with Gasteiger partial charge in [0.05, 0.1) is 6.61 Å². The number of carbonyl (C=O) groups is 2. The highest BCUT2D eigenvalue weighted by Crippen LogP contribution is 2.22. The van der Waals surface area contributed by atoms with Gasteiger partial charge >= 0.3 is 12.1 Å². The number of rotatable bonds is 3. The molecule has 0 spiro atoms. The number of esters is 1. The van der Waals surface area contributed by atoms with Gasteiger partial charge in [-0.25, -0.2) is 4.79 Å². The molecule has 1 heterocycles. The molecule has 1 fully saturated rings. The summed E-state index contributed by atoms with van der Waals surface area (Å²) in [5.41, 5.74) is -0.441. The van der Waals surface area contributed by atoms with Crippen molar-refractivity contribution in [2.45, 2.75) is 52.6 Å². The zero-order valence-electron chi connectivity index (χ0n) is 12.4. The fourth-order valence-electron chi connectivity index (χ4n) is 2.10. The van der Waals surface area contributed by atoms with Crippen molar-refractivity contribution in [2.24, 2.45) is 5.92 Å². The number of hydrogen-bond acceptors (Lipinski definition) is 4. The van der Waals surface area contributed by atoms with E-state index >= 15 is 0 Å². The van der Waals surface area contributed by atoms with Gasteiger partial charge in [-0.2, -0.15) is 0 Å². The summed E-state index contributed by atoms with van der Waals surface area (Å²) in [5.74, 6) is 0.296. The first kappa shape index (κ1) is 15.8. The van der Waals surface area contributed by atoms with E-state index in [0.717, 1.165) is 32.4 Å². The van der Waals surface area contributed by atoms with E-state index in [1.807, 2.05) is 20.8 Å². The van der Waals surface area contributed by atoms with Gasteiger partial charge in [-0.15, -0.1) is 0 Å². The van der Waals surface area contributed by atoms with E-state index < -0.39 is 5.60 Å². The van der Waals surface area contributed by atoms with Crippen molar-refractivity contribution in [3.8, 4) is 0 Å². The van der Waals surface area contributed by atoms with Crippen LogP contribution in [0.5, 0.6) is 0 Å². The Kier molecular flexibility index (Phi) is 5.63. The van der Waals surface area contributed by atoms with Crippen molar-refractivity contribution in [1.29, 1.82) is 0 Å². The summed E-state index contributed by atoms with van der Waals surface area (Å²) < 4.78 is 10.3. The zero-order chi connectivity index (χ0) is 14.5. The molecule has 0 bridgehead atoms. The maximum absolute atomic E-state index is 11.9. The Bertz CT molecular complexity index is 314. The summed E-state index contributed by atoms with van der Waals surface area (Å²) >= 11 is 0. The van der Waals surface area contributed by atoms with E-state index in [-0.39, 0.29) is 12.1 Å². The molecule has 1 amide bonds. The second kappa shape index (κ2) is 6.78. The van der Waals surface area contributed by atoms with Crippen molar-refractivity contribution >= 4 is 12.1 Å². The molecule has 110 valence electrons. The van der Waals surface area contributed by atoms with Crippen LogP contribution in [-0.2, 0) is 14.3 Å². The lowest BCUT2D eigenvalue weighted by Gasteiger charge is -2.33. The molecule has 0 aliphatic carbocycles. The number of nitrogens with zero attached hydrogens (tertiary/aromatic N) is 1. The summed E-state index contributed by atoms with van der Waals surface area (Å²) in [6.45, 7) is 8.96. The minimum atomic E-state index is -0.441. The molecule has 0 atom stereocenters. The Morgan fingerprint density at radius 2 is 1.79 bits per heavy atom. The number of carbonyl (C=O) groups excluding carboxylic acids is 2. The second-order valence-electron chi connectivity index (χ2n) is 6.04. The maximum Gasteiger partial charge on any atom is 0.410 e. The smallest absolute Gasteiger partial charge is 0.410 e. The van der Waals surface area contributed by atoms with Crippen LogP contribution in [0.2, 0.25) is 0 Å². The Morgan fingerprint density at radius 3 is 2.26 bits per heavy atom. The molecule has 1 saturated heterocycles. The van der Waals surface area contributed by atoms with Gasteiger partial charge in [0.1, 0.15) is 5.60 Å². The summed E-state index contributed by atoms with van der Waals surface area (Å²) in [6, 6.07) is 0. The molecule has 0 unspecified atom stereocenters. The monoisotopic (exact) mass is 271 g/mol. The van der Waals surface area contributed by atoms with Gasteiger partial charge in [0.15, 0.2) is 0 Å². The standard InChI is InChI=1S/C14H25NO4/c1-11(16)18-10-7-12-5-8-15(9-6-12)13(17)19-14(2,3)4/h12H,5-10H2,1-4H3. The summed E-state index contributed by atoms with van der Waals surface area (Å²) in [5, 5.41) is 0. The molecule has 1 aliphatic heterocycles. The third-order valence-corrected chi connectivity index (χ3v) is 3.10. The minimum absolute atomic E-state index is 0.230. The fraction of sp³-hybridized carbons (Fsp3) is 0.857. The lowest BCUT2D eigenvalue weighted by Crippen LogP contribution is -2.41. The van der Waals surface area contributed by atoms with E-state index in [1.54, 1.807) is 4.90 Å². The molecule has 0 aromatic rings. The van der Waals surface area contributed by atoms with Gasteiger partial charge in [-0.05, 0) is 46.0 Å². The summed E-state index contributed by atoms with van der Waals surface area (Å²) in [6.07, 6.45) is 2.54. The quantitative estimate of drug-likeness (QED) is 0.740. The summed E-state index contributed by atoms with van der Waals surface area (Å²) in [4.78, 5) is 24.3. The molecule has 1 rings (SSSR count). The van der Waals surface area contributed by atoms with E-state index in [4.69, 9.17) is 9.47 Å². The maximum atomic E-state index is 11.9. The van der Waals surface area contributed by atoms with Crippen LogP contribution in [0.1, 0.15) is 47.0 Å². The highest BCUT2D eigenvalue weighted by Gasteiger charge is 2.26. The first-order valence-corrected chi connectivity index (χ1v) is 6.89. The molecule has 0 saturated carbocycles. The second-order valence-corrected chi connectivity index (χ2v) is 6.04. The Balaban J connectivity index is 2.25. The van der Waals surface area contributed by atoms with E-state index in [9.17, 15) is 9.59 Å². The molecule has 1 aliphatic rings. The third kappa shape index (κ3) is 6.45. The molecule has 0 radical (unpaired) electrons. The van der Waals surface area contributed by atoms with Crippen LogP contribution < -0.4 is 0 Å². The molecule has 19 heavy (non-hydrogen) atoms. The van der Waals surface area contributed by atoms with Crippen molar-refractivity contribution in [3.63, 3.8) is 0 Å². The van der Waals surface area contributed by atoms with Gasteiger partial charge < -0.3 is 14.4 Å². The Labute approximate surface area is 115 Å². The van der Waals surface area contributed by atoms with Crippen LogP contribution in [0.15, 0.2) is 0 Å². The van der Waals surface area contributed by atoms with Crippen molar-refractivity contribution in [3.05, 3.63) is 0 Å². The average Bonchev–Trinajstić information content (AvgIpc) is 2.27. The predicted molar refractivity (Wildman–Crippen MR) is 71.8 cm³/mol. The third-order valence-electron chi connectivity index (χ3n) is 3.10. The number of hydrogen-bond donors (Lipinski definition) is 0. The molecule has 0 N–H and O–H groups in total. The van der Waals surface area contributed by atoms with Crippen molar-refractivity contribution in [1.82, 2.24) is 4.90 Å². The van der Waals surface area contributed by atoms with Crippen LogP contribution in [-0.4, -0.2) is 42.3 Å². The Morgan fingerprint density at radius 1 is 1.21 bits per heavy atom. The number of piperidine rings is 1. The average molecular weight is 271 g/mol. The molecule has 5 nitrogen and oxygen atoms in total. The highest BCUT2D eigenvalue weighted by atomic mass is 16.6. The molecular weight excluding hydrogens is 246 g/mol. The molecular formula is C14H25NO4. The van der Waals surface area contributed by atoms with Crippen molar-refractivity contribution < 1.29 is 19.1 Å². The van der Waals surface area contributed by atoms with Crippen LogP contribution in [0.3, 0.4) is 0 Å². The minimum Gasteiger partial charge on any atom is -0.466 e. The van der Waals surface area contributed by atoms with Crippen LogP contribution in [0.4, 0.5) is 4.79 Å². The van der Waals surface area contributed by atoms with Crippen LogP contribution >= 0.6 is 0 Å². The largest absolute Gasteiger partial charge is 0.466 e. The SMILES string of the molecule is CC(=O)OCCC1CCN(C(=O)OC(C)(C)C)CC1. The van der Waals surface area contributed by atoms with Gasteiger partial charge in [-0.1, -0.05) is 0 Å². The van der Waals surface area contributed by atoms with Gasteiger partial charge in [0.2, 0.25) is 0 Å². The first-order chi connectivity index (χ1) is 8.78. The van der Waals surface area contributed by atoms with Gasteiger partial charge in [0.25, 0.3) is 0 Å². The molecule has 0 aromatic carbocycles. The topological polar surface area (TPSA) is 55.8 Å². The fourth-order valence-corrected chi connectivity index (χ4v) is 2.10. The Hall–Kier alpha value is -1.26. The van der Waals surface area contributed by atoms with E-state index in [0.29, 0.717) is 12.5 Å². The first-order valence-electron chi connectivity index (χ1n) is 6.89. The molecule has 5 heteroatoms.